The predicted octanol–water partition coefficient (Wildman–Crippen LogP) is 0.553. The molecule has 0 radical (unpaired) electrons. The summed E-state index contributed by atoms with van der Waals surface area (Å²) in [4.78, 5) is 14.4. The van der Waals surface area contributed by atoms with Gasteiger partial charge < -0.3 is 5.11 Å². The Labute approximate surface area is 85.0 Å². The van der Waals surface area contributed by atoms with E-state index in [1.807, 2.05) is 0 Å². The van der Waals surface area contributed by atoms with Gasteiger partial charge in [0.05, 0.1) is 0 Å². The molecule has 6 nitrogen and oxygen atoms in total. The van der Waals surface area contributed by atoms with Crippen molar-refractivity contribution in [1.82, 2.24) is 19.6 Å². The van der Waals surface area contributed by atoms with Gasteiger partial charge in [-0.25, -0.2) is 9.78 Å². The van der Waals surface area contributed by atoms with Crippen molar-refractivity contribution in [3.8, 4) is 0 Å². The molecule has 0 aliphatic heterocycles. The lowest BCUT2D eigenvalue weighted by Crippen LogP contribution is -2.04. The van der Waals surface area contributed by atoms with E-state index >= 15 is 0 Å². The Morgan fingerprint density at radius 1 is 1.50 bits per heavy atom. The maximum Gasteiger partial charge on any atom is 0.358 e. The van der Waals surface area contributed by atoms with Crippen LogP contribution in [0.3, 0.4) is 0 Å². The van der Waals surface area contributed by atoms with Crippen LogP contribution in [0.2, 0.25) is 0 Å². The van der Waals surface area contributed by atoms with Crippen molar-refractivity contribution in [2.45, 2.75) is 6.92 Å². The summed E-state index contributed by atoms with van der Waals surface area (Å²) in [6.45, 7) is 1.74. The molecular formula is C7H7ClN4O2. The molecule has 0 spiro atoms. The normalized spacial score (nSPS) is 9.79. The average molecular weight is 215 g/mol. The van der Waals surface area contributed by atoms with E-state index in [2.05, 4.69) is 15.2 Å². The fraction of sp³-hybridized carbons (Fsp3) is 0.143. The molecule has 0 bridgehead atoms. The smallest absolute Gasteiger partial charge is 0.358 e. The van der Waals surface area contributed by atoms with Gasteiger partial charge in [-0.3, -0.25) is 4.40 Å². The van der Waals surface area contributed by atoms with Crippen LogP contribution in [0.15, 0.2) is 12.4 Å². The third-order valence-corrected chi connectivity index (χ3v) is 1.70. The molecule has 0 unspecified atom stereocenters. The Hall–Kier alpha value is -1.69. The van der Waals surface area contributed by atoms with Gasteiger partial charge in [0.1, 0.15) is 5.82 Å². The Morgan fingerprint density at radius 3 is 2.86 bits per heavy atom. The van der Waals surface area contributed by atoms with Gasteiger partial charge in [0.25, 0.3) is 0 Å². The van der Waals surface area contributed by atoms with Crippen molar-refractivity contribution < 1.29 is 9.90 Å². The Morgan fingerprint density at radius 2 is 2.21 bits per heavy atom. The Bertz CT molecular complexity index is 481. The number of carboxylic acids is 1. The number of aryl methyl sites for hydroxylation is 1. The molecule has 0 aromatic carbocycles. The second-order valence-electron chi connectivity index (χ2n) is 2.52. The standard InChI is InChI=1S/C7H6N4O2.ClH/c1-4-9-10-6-5(7(12)13)8-2-3-11(4)6;/h2-3H,1H3,(H,12,13);1H. The van der Waals surface area contributed by atoms with Crippen LogP contribution in [0.4, 0.5) is 0 Å². The highest BCUT2D eigenvalue weighted by Crippen LogP contribution is 2.05. The predicted molar refractivity (Wildman–Crippen MR) is 49.7 cm³/mol. The molecule has 0 aliphatic rings. The lowest BCUT2D eigenvalue weighted by Gasteiger charge is -1.95. The van der Waals surface area contributed by atoms with E-state index in [0.29, 0.717) is 5.82 Å². The number of halogens is 1. The molecule has 0 amide bonds. The number of hydrogen-bond donors (Lipinski definition) is 1. The number of aromatic carboxylic acids is 1. The van der Waals surface area contributed by atoms with E-state index < -0.39 is 5.97 Å². The van der Waals surface area contributed by atoms with Gasteiger partial charge in [-0.1, -0.05) is 0 Å². The van der Waals surface area contributed by atoms with E-state index in [9.17, 15) is 4.79 Å². The lowest BCUT2D eigenvalue weighted by atomic mass is 10.4. The van der Waals surface area contributed by atoms with Crippen molar-refractivity contribution in [2.24, 2.45) is 0 Å². The molecule has 2 rings (SSSR count). The van der Waals surface area contributed by atoms with Gasteiger partial charge in [-0.05, 0) is 6.92 Å². The molecule has 2 heterocycles. The first kappa shape index (κ1) is 10.4. The summed E-state index contributed by atoms with van der Waals surface area (Å²) < 4.78 is 1.58. The van der Waals surface area contributed by atoms with Crippen LogP contribution in [0.5, 0.6) is 0 Å². The van der Waals surface area contributed by atoms with Crippen LogP contribution in [-0.2, 0) is 0 Å². The molecule has 1 N–H and O–H groups in total. The number of fused-ring (bicyclic) bond motifs is 1. The maximum absolute atomic E-state index is 10.7. The molecule has 0 saturated heterocycles. The number of hydrogen-bond acceptors (Lipinski definition) is 4. The van der Waals surface area contributed by atoms with Gasteiger partial charge >= 0.3 is 5.97 Å². The van der Waals surface area contributed by atoms with Crippen molar-refractivity contribution >= 4 is 24.0 Å². The zero-order chi connectivity index (χ0) is 9.42. The van der Waals surface area contributed by atoms with Gasteiger partial charge in [0, 0.05) is 12.4 Å². The average Bonchev–Trinajstić information content (AvgIpc) is 2.48. The Kier molecular flexibility index (Phi) is 2.66. The second-order valence-corrected chi connectivity index (χ2v) is 2.52. The second kappa shape index (κ2) is 3.59. The monoisotopic (exact) mass is 214 g/mol. The lowest BCUT2D eigenvalue weighted by molar-refractivity contribution is 0.0692. The molecule has 74 valence electrons. The Balaban J connectivity index is 0.000000980. The molecule has 2 aromatic heterocycles. The first-order valence-corrected chi connectivity index (χ1v) is 3.60. The minimum absolute atomic E-state index is 0. The molecule has 14 heavy (non-hydrogen) atoms. The molecule has 0 fully saturated rings. The van der Waals surface area contributed by atoms with Gasteiger partial charge in [-0.2, -0.15) is 0 Å². The first-order chi connectivity index (χ1) is 6.20. The summed E-state index contributed by atoms with van der Waals surface area (Å²) in [6, 6.07) is 0. The maximum atomic E-state index is 10.7. The van der Waals surface area contributed by atoms with E-state index in [1.165, 1.54) is 6.20 Å². The SMILES string of the molecule is Cc1nnc2c(C(=O)O)nccn12.Cl. The topological polar surface area (TPSA) is 80.4 Å². The summed E-state index contributed by atoms with van der Waals surface area (Å²) in [5, 5.41) is 16.2. The van der Waals surface area contributed by atoms with Crippen LogP contribution < -0.4 is 0 Å². The number of rotatable bonds is 1. The summed E-state index contributed by atoms with van der Waals surface area (Å²) in [5.41, 5.74) is 0.190. The van der Waals surface area contributed by atoms with E-state index in [0.717, 1.165) is 0 Å². The van der Waals surface area contributed by atoms with Gasteiger partial charge in [-0.15, -0.1) is 22.6 Å². The van der Waals surface area contributed by atoms with Crippen LogP contribution >= 0.6 is 12.4 Å². The highest BCUT2D eigenvalue weighted by Gasteiger charge is 2.13. The third-order valence-electron chi connectivity index (χ3n) is 1.70. The fourth-order valence-corrected chi connectivity index (χ4v) is 1.09. The van der Waals surface area contributed by atoms with E-state index in [-0.39, 0.29) is 23.7 Å². The molecule has 7 heteroatoms. The molecule has 0 saturated carbocycles. The van der Waals surface area contributed by atoms with Crippen LogP contribution in [0.1, 0.15) is 16.3 Å². The van der Waals surface area contributed by atoms with Crippen LogP contribution in [-0.4, -0.2) is 30.7 Å². The fourth-order valence-electron chi connectivity index (χ4n) is 1.09. The van der Waals surface area contributed by atoms with Crippen molar-refractivity contribution in [1.29, 1.82) is 0 Å². The zero-order valence-electron chi connectivity index (χ0n) is 7.21. The summed E-state index contributed by atoms with van der Waals surface area (Å²) in [7, 11) is 0. The number of carbonyl (C=O) groups is 1. The summed E-state index contributed by atoms with van der Waals surface area (Å²) >= 11 is 0. The van der Waals surface area contributed by atoms with Crippen LogP contribution in [0, 0.1) is 6.92 Å². The van der Waals surface area contributed by atoms with E-state index in [4.69, 9.17) is 5.11 Å². The van der Waals surface area contributed by atoms with Crippen molar-refractivity contribution in [3.63, 3.8) is 0 Å². The van der Waals surface area contributed by atoms with E-state index in [1.54, 1.807) is 17.5 Å². The van der Waals surface area contributed by atoms with Crippen LogP contribution in [0.25, 0.3) is 5.65 Å². The first-order valence-electron chi connectivity index (χ1n) is 3.60. The van der Waals surface area contributed by atoms with Crippen molar-refractivity contribution in [3.05, 3.63) is 23.9 Å². The largest absolute Gasteiger partial charge is 0.476 e. The van der Waals surface area contributed by atoms with Gasteiger partial charge in [0.2, 0.25) is 0 Å². The molecule has 2 aromatic rings. The molecule has 0 atom stereocenters. The number of aromatic nitrogens is 4. The van der Waals surface area contributed by atoms with Crippen molar-refractivity contribution in [2.75, 3.05) is 0 Å². The quantitative estimate of drug-likeness (QED) is 0.750. The highest BCUT2D eigenvalue weighted by atomic mass is 35.5. The summed E-state index contributed by atoms with van der Waals surface area (Å²) in [5.74, 6) is -0.460. The third kappa shape index (κ3) is 1.39. The molecule has 0 aliphatic carbocycles. The summed E-state index contributed by atoms with van der Waals surface area (Å²) in [6.07, 6.45) is 3.03. The minimum atomic E-state index is -1.10. The highest BCUT2D eigenvalue weighted by molar-refractivity contribution is 5.91. The number of nitrogens with zero attached hydrogens (tertiary/aromatic N) is 4. The molecular weight excluding hydrogens is 208 g/mol. The van der Waals surface area contributed by atoms with Gasteiger partial charge in [0.15, 0.2) is 11.3 Å². The number of carboxylic acid groups (broad SMARTS) is 1. The minimum Gasteiger partial charge on any atom is -0.476 e. The zero-order valence-corrected chi connectivity index (χ0v) is 8.02.